The average Bonchev–Trinajstić information content (AvgIpc) is 3.24. The Morgan fingerprint density at radius 2 is 1.74 bits per heavy atom. The van der Waals surface area contributed by atoms with Gasteiger partial charge in [-0.05, 0) is 84.8 Å². The van der Waals surface area contributed by atoms with E-state index in [1.54, 1.807) is 0 Å². The molecule has 192 valence electrons. The highest BCUT2D eigenvalue weighted by Gasteiger charge is 2.36. The Morgan fingerprint density at radius 1 is 1.00 bits per heavy atom. The molecule has 0 spiro atoms. The minimum Gasteiger partial charge on any atom is -0.488 e. The lowest BCUT2D eigenvalue weighted by Crippen LogP contribution is -2.36. The Labute approximate surface area is 236 Å². The van der Waals surface area contributed by atoms with Crippen LogP contribution in [0, 0.1) is 6.92 Å². The summed E-state index contributed by atoms with van der Waals surface area (Å²) in [5.74, 6) is 0.716. The summed E-state index contributed by atoms with van der Waals surface area (Å²) >= 11 is 4.91. The molecule has 0 bridgehead atoms. The van der Waals surface area contributed by atoms with Gasteiger partial charge in [-0.1, -0.05) is 83.0 Å². The fourth-order valence-corrected chi connectivity index (χ4v) is 5.62. The number of amides is 1. The van der Waals surface area contributed by atoms with Gasteiger partial charge in [0.25, 0.3) is 5.91 Å². The molecule has 1 amide bonds. The van der Waals surface area contributed by atoms with E-state index in [1.165, 1.54) is 17.3 Å². The first-order valence-electron chi connectivity index (χ1n) is 12.7. The van der Waals surface area contributed by atoms with Crippen LogP contribution in [-0.2, 0) is 11.4 Å². The standard InChI is InChI=1S/C32H29BrN2O2S/c1-4-22(3)35-31(36)30(38-32(35)34-26-16-9-21(2)10-17-26)19-28-27-8-6-5-7-24(27)13-18-29(28)37-20-23-11-14-25(33)15-12-23/h5-19,22H,4,20H2,1-3H3/b30-19+,34-32?/t22-/m1/s1. The van der Waals surface area contributed by atoms with Gasteiger partial charge in [-0.3, -0.25) is 9.69 Å². The zero-order valence-corrected chi connectivity index (χ0v) is 24.1. The van der Waals surface area contributed by atoms with Gasteiger partial charge in [0, 0.05) is 16.1 Å². The monoisotopic (exact) mass is 584 g/mol. The van der Waals surface area contributed by atoms with E-state index in [0.29, 0.717) is 16.7 Å². The average molecular weight is 586 g/mol. The lowest BCUT2D eigenvalue weighted by molar-refractivity contribution is -0.123. The molecule has 0 aliphatic carbocycles. The molecule has 1 aliphatic heterocycles. The van der Waals surface area contributed by atoms with E-state index in [-0.39, 0.29) is 11.9 Å². The number of hydrogen-bond donors (Lipinski definition) is 0. The number of aryl methyl sites for hydroxylation is 1. The van der Waals surface area contributed by atoms with Crippen LogP contribution in [-0.4, -0.2) is 22.0 Å². The molecule has 1 saturated heterocycles. The van der Waals surface area contributed by atoms with Gasteiger partial charge in [0.1, 0.15) is 12.4 Å². The molecule has 1 fully saturated rings. The zero-order chi connectivity index (χ0) is 26.6. The van der Waals surface area contributed by atoms with Crippen molar-refractivity contribution in [3.05, 3.63) is 111 Å². The van der Waals surface area contributed by atoms with Crippen LogP contribution in [0.4, 0.5) is 5.69 Å². The number of ether oxygens (including phenoxy) is 1. The van der Waals surface area contributed by atoms with Crippen LogP contribution in [0.15, 0.2) is 99.3 Å². The van der Waals surface area contributed by atoms with Crippen molar-refractivity contribution in [3.8, 4) is 5.75 Å². The van der Waals surface area contributed by atoms with Crippen LogP contribution in [0.3, 0.4) is 0 Å². The van der Waals surface area contributed by atoms with Crippen LogP contribution in [0.5, 0.6) is 5.75 Å². The molecule has 5 rings (SSSR count). The molecule has 1 atom stereocenters. The number of halogens is 1. The number of amidine groups is 1. The highest BCUT2D eigenvalue weighted by molar-refractivity contribution is 9.10. The van der Waals surface area contributed by atoms with E-state index in [0.717, 1.165) is 44.2 Å². The van der Waals surface area contributed by atoms with Gasteiger partial charge >= 0.3 is 0 Å². The Morgan fingerprint density at radius 3 is 2.47 bits per heavy atom. The lowest BCUT2D eigenvalue weighted by Gasteiger charge is -2.22. The van der Waals surface area contributed by atoms with Crippen molar-refractivity contribution in [1.82, 2.24) is 4.90 Å². The fraction of sp³-hybridized carbons (Fsp3) is 0.188. The summed E-state index contributed by atoms with van der Waals surface area (Å²) in [6, 6.07) is 28.4. The summed E-state index contributed by atoms with van der Waals surface area (Å²) in [5, 5.41) is 2.84. The molecule has 6 heteroatoms. The third-order valence-corrected chi connectivity index (χ3v) is 8.15. The van der Waals surface area contributed by atoms with E-state index in [4.69, 9.17) is 9.73 Å². The van der Waals surface area contributed by atoms with Crippen molar-refractivity contribution in [2.75, 3.05) is 0 Å². The first kappa shape index (κ1) is 26.3. The Hall–Kier alpha value is -3.35. The minimum atomic E-state index is -0.0259. The zero-order valence-electron chi connectivity index (χ0n) is 21.6. The lowest BCUT2D eigenvalue weighted by atomic mass is 10.0. The molecule has 38 heavy (non-hydrogen) atoms. The van der Waals surface area contributed by atoms with Crippen molar-refractivity contribution in [2.24, 2.45) is 4.99 Å². The molecule has 0 saturated carbocycles. The van der Waals surface area contributed by atoms with E-state index in [9.17, 15) is 4.79 Å². The Kier molecular flexibility index (Phi) is 8.01. The second-order valence-corrected chi connectivity index (χ2v) is 11.3. The smallest absolute Gasteiger partial charge is 0.267 e. The van der Waals surface area contributed by atoms with E-state index < -0.39 is 0 Å². The highest BCUT2D eigenvalue weighted by Crippen LogP contribution is 2.39. The maximum Gasteiger partial charge on any atom is 0.267 e. The van der Waals surface area contributed by atoms with E-state index in [2.05, 4.69) is 54.9 Å². The van der Waals surface area contributed by atoms with E-state index >= 15 is 0 Å². The summed E-state index contributed by atoms with van der Waals surface area (Å²) in [4.78, 5) is 21.1. The quantitative estimate of drug-likeness (QED) is 0.204. The number of fused-ring (bicyclic) bond motifs is 1. The molecule has 0 radical (unpaired) electrons. The molecule has 1 heterocycles. The number of carbonyl (C=O) groups excluding carboxylic acids is 1. The number of carbonyl (C=O) groups is 1. The van der Waals surface area contributed by atoms with Gasteiger partial charge in [0.2, 0.25) is 0 Å². The summed E-state index contributed by atoms with van der Waals surface area (Å²) in [5.41, 5.74) is 3.98. The molecule has 4 aromatic rings. The van der Waals surface area contributed by atoms with Crippen LogP contribution in [0.1, 0.15) is 37.0 Å². The van der Waals surface area contributed by atoms with Crippen molar-refractivity contribution in [3.63, 3.8) is 0 Å². The number of thioether (sulfide) groups is 1. The van der Waals surface area contributed by atoms with Crippen molar-refractivity contribution in [1.29, 1.82) is 0 Å². The number of aliphatic imine (C=N–C) groups is 1. The number of rotatable bonds is 7. The van der Waals surface area contributed by atoms with Gasteiger partial charge in [-0.2, -0.15) is 0 Å². The minimum absolute atomic E-state index is 0.0259. The molecule has 0 aromatic heterocycles. The van der Waals surface area contributed by atoms with Crippen molar-refractivity contribution >= 4 is 61.3 Å². The third-order valence-electron chi connectivity index (χ3n) is 6.64. The van der Waals surface area contributed by atoms with Crippen LogP contribution >= 0.6 is 27.7 Å². The first-order valence-corrected chi connectivity index (χ1v) is 14.3. The summed E-state index contributed by atoms with van der Waals surface area (Å²) in [6.07, 6.45) is 2.81. The van der Waals surface area contributed by atoms with Crippen LogP contribution < -0.4 is 4.74 Å². The SMILES string of the molecule is CC[C@@H](C)N1C(=O)/C(=C\c2c(OCc3ccc(Br)cc3)ccc3ccccc23)SC1=Nc1ccc(C)cc1. The maximum atomic E-state index is 13.7. The second-order valence-electron chi connectivity index (χ2n) is 9.39. The normalized spacial score (nSPS) is 16.5. The molecule has 4 aromatic carbocycles. The summed E-state index contributed by atoms with van der Waals surface area (Å²) in [6.45, 7) is 6.64. The van der Waals surface area contributed by atoms with Crippen LogP contribution in [0.2, 0.25) is 0 Å². The van der Waals surface area contributed by atoms with Crippen LogP contribution in [0.25, 0.3) is 16.8 Å². The molecule has 0 N–H and O–H groups in total. The summed E-state index contributed by atoms with van der Waals surface area (Å²) in [7, 11) is 0. The summed E-state index contributed by atoms with van der Waals surface area (Å²) < 4.78 is 7.35. The second kappa shape index (κ2) is 11.6. The predicted octanol–water partition coefficient (Wildman–Crippen LogP) is 8.89. The molecular weight excluding hydrogens is 556 g/mol. The largest absolute Gasteiger partial charge is 0.488 e. The van der Waals surface area contributed by atoms with Gasteiger partial charge < -0.3 is 4.74 Å². The Balaban J connectivity index is 1.55. The predicted molar refractivity (Wildman–Crippen MR) is 163 cm³/mol. The van der Waals surface area contributed by atoms with E-state index in [1.807, 2.05) is 77.7 Å². The molecule has 1 aliphatic rings. The fourth-order valence-electron chi connectivity index (χ4n) is 4.29. The van der Waals surface area contributed by atoms with Crippen molar-refractivity contribution < 1.29 is 9.53 Å². The Bertz CT molecular complexity index is 1530. The number of hydrogen-bond acceptors (Lipinski definition) is 4. The van der Waals surface area contributed by atoms with Gasteiger partial charge in [0.05, 0.1) is 10.6 Å². The topological polar surface area (TPSA) is 41.9 Å². The maximum absolute atomic E-state index is 13.7. The number of nitrogens with zero attached hydrogens (tertiary/aromatic N) is 2. The van der Waals surface area contributed by atoms with Gasteiger partial charge in [-0.25, -0.2) is 4.99 Å². The van der Waals surface area contributed by atoms with Gasteiger partial charge in [0.15, 0.2) is 5.17 Å². The highest BCUT2D eigenvalue weighted by atomic mass is 79.9. The van der Waals surface area contributed by atoms with Crippen molar-refractivity contribution in [2.45, 2.75) is 39.8 Å². The number of benzene rings is 4. The molecular formula is C32H29BrN2O2S. The molecule has 4 nitrogen and oxygen atoms in total. The first-order chi connectivity index (χ1) is 18.4. The van der Waals surface area contributed by atoms with Gasteiger partial charge in [-0.15, -0.1) is 0 Å². The molecule has 0 unspecified atom stereocenters. The third kappa shape index (κ3) is 5.71.